The number of thiophene rings is 1. The van der Waals surface area contributed by atoms with E-state index in [1.54, 1.807) is 34.6 Å². The van der Waals surface area contributed by atoms with Crippen molar-refractivity contribution in [3.8, 4) is 17.3 Å². The summed E-state index contributed by atoms with van der Waals surface area (Å²) in [7, 11) is 0. The highest BCUT2D eigenvalue weighted by atomic mass is 32.1. The summed E-state index contributed by atoms with van der Waals surface area (Å²) in [5, 5.41) is 15.7. The summed E-state index contributed by atoms with van der Waals surface area (Å²) in [4.78, 5) is 30.4. The first-order valence-corrected chi connectivity index (χ1v) is 13.1. The Balaban J connectivity index is 1.95. The SMILES string of the molecule is CCOC(=O)c1c(N/C=C(\C#N)c2nc(-c3ccc(C)c(C)c3)cs2)sc(C(=O)OC(C)(C)C)c1C. The summed E-state index contributed by atoms with van der Waals surface area (Å²) in [5.74, 6) is -1.08. The number of aryl methyl sites for hydroxylation is 2. The van der Waals surface area contributed by atoms with Gasteiger partial charge in [-0.15, -0.1) is 22.7 Å². The number of carbonyl (C=O) groups is 2. The van der Waals surface area contributed by atoms with E-state index >= 15 is 0 Å². The molecule has 2 aromatic heterocycles. The number of benzene rings is 1. The first kappa shape index (κ1) is 27.1. The molecule has 0 radical (unpaired) electrons. The van der Waals surface area contributed by atoms with E-state index in [1.807, 2.05) is 24.4 Å². The smallest absolute Gasteiger partial charge is 0.349 e. The Bertz CT molecular complexity index is 1370. The molecule has 0 bridgehead atoms. The predicted octanol–water partition coefficient (Wildman–Crippen LogP) is 6.91. The quantitative estimate of drug-likeness (QED) is 0.265. The molecule has 0 spiro atoms. The number of thiazole rings is 1. The van der Waals surface area contributed by atoms with Gasteiger partial charge in [-0.25, -0.2) is 14.6 Å². The molecule has 0 atom stereocenters. The van der Waals surface area contributed by atoms with Crippen LogP contribution in [0.15, 0.2) is 29.8 Å². The second-order valence-corrected chi connectivity index (χ2v) is 11.0. The van der Waals surface area contributed by atoms with Gasteiger partial charge in [0.25, 0.3) is 0 Å². The van der Waals surface area contributed by atoms with E-state index in [0.717, 1.165) is 22.6 Å². The van der Waals surface area contributed by atoms with Crippen molar-refractivity contribution in [1.29, 1.82) is 5.26 Å². The zero-order valence-electron chi connectivity index (χ0n) is 21.4. The van der Waals surface area contributed by atoms with Gasteiger partial charge in [0.15, 0.2) is 0 Å². The standard InChI is InChI=1S/C27H29N3O4S2/c1-8-33-25(31)21-17(4)22(26(32)34-27(5,6)7)36-24(21)29-13-19(12-28)23-30-20(14-35-23)18-10-9-15(2)16(3)11-18/h9-11,13-14,29H,8H2,1-7H3/b19-13+. The van der Waals surface area contributed by atoms with Crippen molar-refractivity contribution in [3.63, 3.8) is 0 Å². The van der Waals surface area contributed by atoms with E-state index in [0.29, 0.717) is 26.0 Å². The summed E-state index contributed by atoms with van der Waals surface area (Å²) in [5.41, 5.74) is 4.45. The molecule has 0 unspecified atom stereocenters. The van der Waals surface area contributed by atoms with Crippen LogP contribution in [-0.2, 0) is 9.47 Å². The minimum atomic E-state index is -0.683. The molecule has 0 saturated carbocycles. The maximum absolute atomic E-state index is 12.8. The Morgan fingerprint density at radius 2 is 1.89 bits per heavy atom. The second-order valence-electron chi connectivity index (χ2n) is 9.13. The van der Waals surface area contributed by atoms with Crippen LogP contribution in [0.5, 0.6) is 0 Å². The van der Waals surface area contributed by atoms with Crippen molar-refractivity contribution in [2.75, 3.05) is 11.9 Å². The van der Waals surface area contributed by atoms with Crippen LogP contribution in [-0.4, -0.2) is 29.1 Å². The fourth-order valence-corrected chi connectivity index (χ4v) is 5.13. The van der Waals surface area contributed by atoms with E-state index in [-0.39, 0.29) is 12.2 Å². The number of anilines is 1. The van der Waals surface area contributed by atoms with Crippen molar-refractivity contribution in [3.05, 3.63) is 61.9 Å². The first-order chi connectivity index (χ1) is 16.9. The number of nitriles is 1. The van der Waals surface area contributed by atoms with Crippen LogP contribution in [0.4, 0.5) is 5.00 Å². The van der Waals surface area contributed by atoms with Crippen LogP contribution in [0, 0.1) is 32.1 Å². The van der Waals surface area contributed by atoms with Crippen molar-refractivity contribution in [1.82, 2.24) is 4.98 Å². The van der Waals surface area contributed by atoms with Gasteiger partial charge in [0.2, 0.25) is 0 Å². The van der Waals surface area contributed by atoms with Gasteiger partial charge in [0.1, 0.15) is 32.1 Å². The van der Waals surface area contributed by atoms with E-state index in [9.17, 15) is 14.9 Å². The molecule has 0 aliphatic carbocycles. The van der Waals surface area contributed by atoms with Gasteiger partial charge in [-0.05, 0) is 71.2 Å². The average Bonchev–Trinajstić information content (AvgIpc) is 3.40. The predicted molar refractivity (Wildman–Crippen MR) is 144 cm³/mol. The molecule has 188 valence electrons. The zero-order chi connectivity index (χ0) is 26.6. The number of hydrogen-bond donors (Lipinski definition) is 1. The van der Waals surface area contributed by atoms with Gasteiger partial charge in [0, 0.05) is 17.1 Å². The minimum absolute atomic E-state index is 0.189. The van der Waals surface area contributed by atoms with Crippen molar-refractivity contribution in [2.24, 2.45) is 0 Å². The molecule has 2 heterocycles. The lowest BCUT2D eigenvalue weighted by molar-refractivity contribution is 0.00745. The Kier molecular flexibility index (Phi) is 8.33. The summed E-state index contributed by atoms with van der Waals surface area (Å²) in [6.07, 6.45) is 1.50. The first-order valence-electron chi connectivity index (χ1n) is 11.4. The average molecular weight is 524 g/mol. The lowest BCUT2D eigenvalue weighted by Crippen LogP contribution is -2.23. The molecule has 1 N–H and O–H groups in total. The van der Waals surface area contributed by atoms with Crippen LogP contribution in [0.25, 0.3) is 16.8 Å². The van der Waals surface area contributed by atoms with Gasteiger partial charge in [0.05, 0.1) is 17.9 Å². The number of nitrogens with one attached hydrogen (secondary N) is 1. The highest BCUT2D eigenvalue weighted by Gasteiger charge is 2.28. The topological polar surface area (TPSA) is 101 Å². The van der Waals surface area contributed by atoms with Crippen LogP contribution < -0.4 is 5.32 Å². The Morgan fingerprint density at radius 3 is 2.50 bits per heavy atom. The van der Waals surface area contributed by atoms with Gasteiger partial charge in [-0.2, -0.15) is 5.26 Å². The summed E-state index contributed by atoms with van der Waals surface area (Å²) in [6, 6.07) is 8.29. The number of allylic oxidation sites excluding steroid dienone is 1. The maximum atomic E-state index is 12.8. The van der Waals surface area contributed by atoms with E-state index in [1.165, 1.54) is 28.7 Å². The molecule has 0 amide bonds. The Hall–Kier alpha value is -3.48. The van der Waals surface area contributed by atoms with Gasteiger partial charge >= 0.3 is 11.9 Å². The van der Waals surface area contributed by atoms with Crippen molar-refractivity contribution >= 4 is 45.2 Å². The number of carbonyl (C=O) groups excluding carboxylic acids is 2. The number of rotatable bonds is 7. The number of ether oxygens (including phenoxy) is 2. The molecule has 0 aliphatic heterocycles. The number of esters is 2. The fourth-order valence-electron chi connectivity index (χ4n) is 3.29. The van der Waals surface area contributed by atoms with Crippen molar-refractivity contribution < 1.29 is 19.1 Å². The third-order valence-electron chi connectivity index (χ3n) is 5.22. The van der Waals surface area contributed by atoms with Crippen molar-refractivity contribution in [2.45, 2.75) is 54.1 Å². The number of aromatic nitrogens is 1. The van der Waals surface area contributed by atoms with Crippen LogP contribution in [0.3, 0.4) is 0 Å². The normalized spacial score (nSPS) is 11.7. The summed E-state index contributed by atoms with van der Waals surface area (Å²) >= 11 is 2.44. The summed E-state index contributed by atoms with van der Waals surface area (Å²) < 4.78 is 10.7. The molecule has 0 aliphatic rings. The lowest BCUT2D eigenvalue weighted by Gasteiger charge is -2.19. The van der Waals surface area contributed by atoms with Crippen LogP contribution in [0.2, 0.25) is 0 Å². The number of hydrogen-bond acceptors (Lipinski definition) is 9. The third-order valence-corrected chi connectivity index (χ3v) is 7.29. The number of nitrogens with zero attached hydrogens (tertiary/aromatic N) is 2. The van der Waals surface area contributed by atoms with Gasteiger partial charge in [-0.1, -0.05) is 12.1 Å². The van der Waals surface area contributed by atoms with E-state index < -0.39 is 17.5 Å². The van der Waals surface area contributed by atoms with Crippen LogP contribution in [0.1, 0.15) is 69.4 Å². The largest absolute Gasteiger partial charge is 0.462 e. The molecule has 36 heavy (non-hydrogen) atoms. The molecule has 3 rings (SSSR count). The third kappa shape index (κ3) is 6.20. The Morgan fingerprint density at radius 1 is 1.17 bits per heavy atom. The molecule has 7 nitrogen and oxygen atoms in total. The zero-order valence-corrected chi connectivity index (χ0v) is 23.1. The fraction of sp³-hybridized carbons (Fsp3) is 0.333. The van der Waals surface area contributed by atoms with E-state index in [4.69, 9.17) is 9.47 Å². The Labute approximate surface area is 219 Å². The second kappa shape index (κ2) is 11.1. The molecule has 1 aromatic carbocycles. The minimum Gasteiger partial charge on any atom is -0.462 e. The highest BCUT2D eigenvalue weighted by molar-refractivity contribution is 7.18. The molecule has 0 fully saturated rings. The lowest BCUT2D eigenvalue weighted by atomic mass is 10.1. The monoisotopic (exact) mass is 523 g/mol. The molecular weight excluding hydrogens is 494 g/mol. The molecular formula is C27H29N3O4S2. The molecule has 0 saturated heterocycles. The maximum Gasteiger partial charge on any atom is 0.349 e. The van der Waals surface area contributed by atoms with E-state index in [2.05, 4.69) is 29.4 Å². The summed E-state index contributed by atoms with van der Waals surface area (Å²) in [6.45, 7) is 13.0. The highest BCUT2D eigenvalue weighted by Crippen LogP contribution is 2.36. The van der Waals surface area contributed by atoms with Crippen LogP contribution >= 0.6 is 22.7 Å². The molecule has 3 aromatic rings. The van der Waals surface area contributed by atoms with Gasteiger partial charge < -0.3 is 14.8 Å². The molecule has 9 heteroatoms. The van der Waals surface area contributed by atoms with Gasteiger partial charge in [-0.3, -0.25) is 0 Å².